The minimum atomic E-state index is 0.0263. The van der Waals surface area contributed by atoms with E-state index in [9.17, 15) is 4.79 Å². The van der Waals surface area contributed by atoms with Gasteiger partial charge in [0.25, 0.3) is 5.91 Å². The van der Waals surface area contributed by atoms with E-state index in [-0.39, 0.29) is 24.1 Å². The Labute approximate surface area is 284 Å². The van der Waals surface area contributed by atoms with Crippen molar-refractivity contribution in [1.29, 1.82) is 0 Å². The number of fused-ring (bicyclic) bond motifs is 2. The fourth-order valence-corrected chi connectivity index (χ4v) is 6.75. The Morgan fingerprint density at radius 2 is 1.48 bits per heavy atom. The molecule has 0 saturated carbocycles. The van der Waals surface area contributed by atoms with Crippen LogP contribution in [0.25, 0.3) is 0 Å². The number of hydrogen-bond acceptors (Lipinski definition) is 10. The molecule has 11 heteroatoms. The quantitative estimate of drug-likeness (QED) is 0.240. The predicted molar refractivity (Wildman–Crippen MR) is 187 cm³/mol. The molecule has 2 saturated heterocycles. The van der Waals surface area contributed by atoms with Crippen molar-refractivity contribution in [1.82, 2.24) is 14.7 Å². The second-order valence-electron chi connectivity index (χ2n) is 13.2. The van der Waals surface area contributed by atoms with E-state index in [2.05, 4.69) is 26.7 Å². The lowest BCUT2D eigenvalue weighted by atomic mass is 10.1. The summed E-state index contributed by atoms with van der Waals surface area (Å²) < 4.78 is 29.3. The van der Waals surface area contributed by atoms with Crippen molar-refractivity contribution in [2.24, 2.45) is 9.98 Å². The average molecular weight is 662 g/mol. The first kappa shape index (κ1) is 34.0. The van der Waals surface area contributed by atoms with E-state index in [4.69, 9.17) is 23.7 Å². The Morgan fingerprint density at radius 1 is 0.812 bits per heavy atom. The van der Waals surface area contributed by atoms with Crippen LogP contribution in [0.15, 0.2) is 40.3 Å². The van der Waals surface area contributed by atoms with Gasteiger partial charge in [-0.05, 0) is 89.7 Å². The third-order valence-corrected chi connectivity index (χ3v) is 9.88. The fourth-order valence-electron chi connectivity index (χ4n) is 6.75. The average Bonchev–Trinajstić information content (AvgIpc) is 3.69. The van der Waals surface area contributed by atoms with E-state index in [0.29, 0.717) is 47.6 Å². The van der Waals surface area contributed by atoms with Crippen LogP contribution in [-0.2, 0) is 4.74 Å². The van der Waals surface area contributed by atoms with Crippen LogP contribution in [-0.4, -0.2) is 124 Å². The molecule has 0 spiro atoms. The highest BCUT2D eigenvalue weighted by atomic mass is 16.5. The molecule has 4 aliphatic heterocycles. The predicted octanol–water partition coefficient (Wildman–Crippen LogP) is 5.21. The van der Waals surface area contributed by atoms with Gasteiger partial charge in [-0.1, -0.05) is 0 Å². The Hall–Kier alpha value is -3.83. The third kappa shape index (κ3) is 8.06. The molecule has 4 aliphatic rings. The van der Waals surface area contributed by atoms with Crippen LogP contribution in [0.5, 0.6) is 23.0 Å². The molecule has 3 atom stereocenters. The maximum absolute atomic E-state index is 13.1. The van der Waals surface area contributed by atoms with Gasteiger partial charge in [-0.15, -0.1) is 0 Å². The maximum atomic E-state index is 13.1. The van der Waals surface area contributed by atoms with Crippen LogP contribution >= 0.6 is 0 Å². The molecule has 48 heavy (non-hydrogen) atoms. The minimum Gasteiger partial charge on any atom is -0.493 e. The molecule has 0 aromatic heterocycles. The molecule has 6 rings (SSSR count). The molecule has 0 N–H and O–H groups in total. The van der Waals surface area contributed by atoms with Crippen molar-refractivity contribution in [3.05, 3.63) is 41.5 Å². The molecule has 0 radical (unpaired) electrons. The van der Waals surface area contributed by atoms with Crippen LogP contribution in [0.3, 0.4) is 0 Å². The van der Waals surface area contributed by atoms with Gasteiger partial charge in [0.1, 0.15) is 6.10 Å². The van der Waals surface area contributed by atoms with Crippen molar-refractivity contribution in [3.8, 4) is 23.0 Å². The van der Waals surface area contributed by atoms with Gasteiger partial charge in [-0.2, -0.15) is 0 Å². The number of methoxy groups -OCH3 is 2. The van der Waals surface area contributed by atoms with Gasteiger partial charge in [0, 0.05) is 50.6 Å². The highest BCUT2D eigenvalue weighted by Gasteiger charge is 2.32. The molecule has 4 heterocycles. The standard InChI is InChI=1S/C37H51N5O6/c1-26-27(2)48-36(39-26)28-11-12-32(33(22-28)44-3)46-20-7-5-13-40-16-18-41(19-17-40)14-6-8-21-47-35-24-31-30(23-34(35)45-4)37(43)42-15-9-10-29(42)25-38-31/h11-12,22-27,29H,5-10,13-21H2,1-4H3. The van der Waals surface area contributed by atoms with Crippen LogP contribution in [0, 0.1) is 0 Å². The Bertz CT molecular complexity index is 1470. The first-order chi connectivity index (χ1) is 23.4. The molecule has 2 aromatic carbocycles. The lowest BCUT2D eigenvalue weighted by Gasteiger charge is -2.34. The van der Waals surface area contributed by atoms with Gasteiger partial charge in [0.05, 0.1) is 50.8 Å². The zero-order valence-electron chi connectivity index (χ0n) is 29.0. The van der Waals surface area contributed by atoms with Crippen molar-refractivity contribution in [2.75, 3.05) is 73.2 Å². The van der Waals surface area contributed by atoms with Gasteiger partial charge in [-0.3, -0.25) is 9.79 Å². The Balaban J connectivity index is 0.850. The molecular weight excluding hydrogens is 610 g/mol. The number of benzene rings is 2. The fraction of sp³-hybridized carbons (Fsp3) is 0.595. The Kier molecular flexibility index (Phi) is 11.4. The molecule has 0 aliphatic carbocycles. The van der Waals surface area contributed by atoms with Crippen LogP contribution in [0.2, 0.25) is 0 Å². The molecule has 1 amide bonds. The summed E-state index contributed by atoms with van der Waals surface area (Å²) in [5.74, 6) is 3.38. The van der Waals surface area contributed by atoms with Crippen molar-refractivity contribution in [3.63, 3.8) is 0 Å². The van der Waals surface area contributed by atoms with Crippen LogP contribution < -0.4 is 18.9 Å². The number of carbonyl (C=O) groups excluding carboxylic acids is 1. The summed E-state index contributed by atoms with van der Waals surface area (Å²) in [6.45, 7) is 12.7. The van der Waals surface area contributed by atoms with E-state index in [1.165, 1.54) is 0 Å². The van der Waals surface area contributed by atoms with E-state index in [1.807, 2.05) is 42.3 Å². The Morgan fingerprint density at radius 3 is 2.12 bits per heavy atom. The molecule has 0 bridgehead atoms. The van der Waals surface area contributed by atoms with Crippen LogP contribution in [0.1, 0.15) is 68.3 Å². The number of unbranched alkanes of at least 4 members (excludes halogenated alkanes) is 2. The molecule has 3 unspecified atom stereocenters. The minimum absolute atomic E-state index is 0.0263. The highest BCUT2D eigenvalue weighted by Crippen LogP contribution is 2.38. The normalized spacial score (nSPS) is 22.5. The number of ether oxygens (including phenoxy) is 5. The van der Waals surface area contributed by atoms with E-state index >= 15 is 0 Å². The monoisotopic (exact) mass is 661 g/mol. The number of nitrogens with zero attached hydrogens (tertiary/aromatic N) is 5. The highest BCUT2D eigenvalue weighted by molar-refractivity contribution is 6.03. The summed E-state index contributed by atoms with van der Waals surface area (Å²) in [5.41, 5.74) is 2.17. The van der Waals surface area contributed by atoms with Crippen molar-refractivity contribution in [2.45, 2.75) is 70.6 Å². The number of carbonyl (C=O) groups is 1. The van der Waals surface area contributed by atoms with Crippen molar-refractivity contribution < 1.29 is 28.5 Å². The zero-order valence-corrected chi connectivity index (χ0v) is 29.0. The zero-order chi connectivity index (χ0) is 33.5. The van der Waals surface area contributed by atoms with Crippen LogP contribution in [0.4, 0.5) is 5.69 Å². The summed E-state index contributed by atoms with van der Waals surface area (Å²) in [6.07, 6.45) is 8.09. The molecular formula is C37H51N5O6. The topological polar surface area (TPSA) is 97.7 Å². The van der Waals surface area contributed by atoms with E-state index in [1.54, 1.807) is 20.3 Å². The molecule has 260 valence electrons. The number of rotatable bonds is 15. The summed E-state index contributed by atoms with van der Waals surface area (Å²) in [4.78, 5) is 29.4. The SMILES string of the molecule is COc1cc(C2=NC(C)C(C)O2)ccc1OCCCCN1CCN(CCCCOc2cc3c(cc2OC)C(=O)N2CCCC2C=N3)CC1. The third-order valence-electron chi connectivity index (χ3n) is 9.88. The molecule has 2 aromatic rings. The van der Waals surface area contributed by atoms with Crippen molar-refractivity contribution >= 4 is 23.7 Å². The summed E-state index contributed by atoms with van der Waals surface area (Å²) in [5, 5.41) is 0. The maximum Gasteiger partial charge on any atom is 0.256 e. The van der Waals surface area contributed by atoms with Gasteiger partial charge < -0.3 is 38.4 Å². The van der Waals surface area contributed by atoms with Gasteiger partial charge in [0.2, 0.25) is 5.90 Å². The lowest BCUT2D eigenvalue weighted by Crippen LogP contribution is -2.46. The van der Waals surface area contributed by atoms with Gasteiger partial charge in [0.15, 0.2) is 23.0 Å². The number of amides is 1. The second kappa shape index (κ2) is 16.0. The smallest absolute Gasteiger partial charge is 0.256 e. The van der Waals surface area contributed by atoms with E-state index in [0.717, 1.165) is 95.7 Å². The summed E-state index contributed by atoms with van der Waals surface area (Å²) in [7, 11) is 3.28. The largest absolute Gasteiger partial charge is 0.493 e. The first-order valence-electron chi connectivity index (χ1n) is 17.6. The second-order valence-corrected chi connectivity index (χ2v) is 13.2. The lowest BCUT2D eigenvalue weighted by molar-refractivity contribution is 0.0774. The molecule has 2 fully saturated rings. The summed E-state index contributed by atoms with van der Waals surface area (Å²) >= 11 is 0. The first-order valence-corrected chi connectivity index (χ1v) is 17.6. The van der Waals surface area contributed by atoms with Gasteiger partial charge >= 0.3 is 0 Å². The number of piperazine rings is 1. The number of aliphatic imine (C=N–C) groups is 2. The summed E-state index contributed by atoms with van der Waals surface area (Å²) in [6, 6.07) is 9.77. The van der Waals surface area contributed by atoms with E-state index < -0.39 is 0 Å². The number of hydrogen-bond donors (Lipinski definition) is 0. The molecule has 11 nitrogen and oxygen atoms in total. The van der Waals surface area contributed by atoms with Gasteiger partial charge in [-0.25, -0.2) is 4.99 Å².